The third-order valence-corrected chi connectivity index (χ3v) is 7.53. The van der Waals surface area contributed by atoms with Crippen molar-refractivity contribution in [3.05, 3.63) is 107 Å². The van der Waals surface area contributed by atoms with Crippen molar-refractivity contribution >= 4 is 35.2 Å². The van der Waals surface area contributed by atoms with Crippen molar-refractivity contribution < 1.29 is 9.59 Å². The standard InChI is InChI=1S/C29H32ClN3O2S/c1-36-21-16-26(31-28(34)24-14-8-9-15-25(24)30)29(35)33-19-17-32(18-20-33)27(22-10-4-2-5-11-22)23-12-6-3-7-13-23/h2-15,26-27H,16-21H2,1H3,(H,31,34)/t26-/m0/s1. The second kappa shape index (κ2) is 12.9. The molecule has 0 bridgehead atoms. The molecule has 1 heterocycles. The van der Waals surface area contributed by atoms with E-state index in [1.165, 1.54) is 11.1 Å². The number of hydrogen-bond acceptors (Lipinski definition) is 4. The highest BCUT2D eigenvalue weighted by atomic mass is 35.5. The molecule has 3 aromatic carbocycles. The summed E-state index contributed by atoms with van der Waals surface area (Å²) >= 11 is 7.88. The normalized spacial score (nSPS) is 15.0. The Morgan fingerprint density at radius 2 is 1.42 bits per heavy atom. The summed E-state index contributed by atoms with van der Waals surface area (Å²) in [6.07, 6.45) is 2.58. The molecule has 1 fully saturated rings. The molecule has 1 aliphatic rings. The number of carbonyl (C=O) groups is 2. The molecular weight excluding hydrogens is 490 g/mol. The lowest BCUT2D eigenvalue weighted by molar-refractivity contribution is -0.135. The third-order valence-electron chi connectivity index (χ3n) is 6.55. The van der Waals surface area contributed by atoms with E-state index in [9.17, 15) is 9.59 Å². The maximum Gasteiger partial charge on any atom is 0.253 e. The zero-order valence-corrected chi connectivity index (χ0v) is 22.0. The van der Waals surface area contributed by atoms with Crippen molar-refractivity contribution in [1.29, 1.82) is 0 Å². The lowest BCUT2D eigenvalue weighted by atomic mass is 9.96. The van der Waals surface area contributed by atoms with Crippen LogP contribution in [0.5, 0.6) is 0 Å². The van der Waals surface area contributed by atoms with Crippen LogP contribution in [0, 0.1) is 0 Å². The van der Waals surface area contributed by atoms with Crippen LogP contribution >= 0.6 is 23.4 Å². The Labute approximate surface area is 222 Å². The molecule has 0 spiro atoms. The maximum atomic E-state index is 13.5. The van der Waals surface area contributed by atoms with Gasteiger partial charge in [-0.2, -0.15) is 11.8 Å². The van der Waals surface area contributed by atoms with E-state index in [0.717, 1.165) is 18.8 Å². The van der Waals surface area contributed by atoms with E-state index in [2.05, 4.69) is 58.7 Å². The zero-order valence-electron chi connectivity index (χ0n) is 20.5. The van der Waals surface area contributed by atoms with Gasteiger partial charge in [0.25, 0.3) is 5.91 Å². The summed E-state index contributed by atoms with van der Waals surface area (Å²) in [7, 11) is 0. The van der Waals surface area contributed by atoms with Gasteiger partial charge in [-0.1, -0.05) is 84.4 Å². The van der Waals surface area contributed by atoms with Crippen LogP contribution in [0.3, 0.4) is 0 Å². The summed E-state index contributed by atoms with van der Waals surface area (Å²) in [5, 5.41) is 3.33. The fraction of sp³-hybridized carbons (Fsp3) is 0.310. The van der Waals surface area contributed by atoms with Crippen molar-refractivity contribution in [2.45, 2.75) is 18.5 Å². The molecule has 0 radical (unpaired) electrons. The summed E-state index contributed by atoms with van der Waals surface area (Å²) in [5.74, 6) is 0.440. The van der Waals surface area contributed by atoms with E-state index in [0.29, 0.717) is 30.1 Å². The summed E-state index contributed by atoms with van der Waals surface area (Å²) in [6.45, 7) is 2.75. The molecule has 4 rings (SSSR count). The number of nitrogens with one attached hydrogen (secondary N) is 1. The predicted octanol–water partition coefficient (Wildman–Crippen LogP) is 5.13. The highest BCUT2D eigenvalue weighted by molar-refractivity contribution is 7.98. The van der Waals surface area contributed by atoms with E-state index < -0.39 is 6.04 Å². The van der Waals surface area contributed by atoms with Gasteiger partial charge in [0.05, 0.1) is 16.6 Å². The van der Waals surface area contributed by atoms with Crippen LogP contribution in [0.2, 0.25) is 5.02 Å². The van der Waals surface area contributed by atoms with Crippen molar-refractivity contribution in [1.82, 2.24) is 15.1 Å². The molecule has 3 aromatic rings. The minimum Gasteiger partial charge on any atom is -0.340 e. The first-order valence-corrected chi connectivity index (χ1v) is 14.0. The minimum absolute atomic E-state index is 0.0277. The highest BCUT2D eigenvalue weighted by Gasteiger charge is 2.32. The number of thioether (sulfide) groups is 1. The number of carbonyl (C=O) groups excluding carboxylic acids is 2. The molecule has 0 saturated carbocycles. The lowest BCUT2D eigenvalue weighted by Crippen LogP contribution is -2.55. The Hall–Kier alpha value is -2.80. The van der Waals surface area contributed by atoms with Gasteiger partial charge in [0, 0.05) is 26.2 Å². The molecular formula is C29H32ClN3O2S. The number of piperazine rings is 1. The van der Waals surface area contributed by atoms with E-state index in [4.69, 9.17) is 11.6 Å². The first-order valence-electron chi connectivity index (χ1n) is 12.3. The molecule has 0 aliphatic carbocycles. The Bertz CT molecular complexity index is 1100. The summed E-state index contributed by atoms with van der Waals surface area (Å²) in [5.41, 5.74) is 2.88. The lowest BCUT2D eigenvalue weighted by Gasteiger charge is -2.40. The molecule has 188 valence electrons. The van der Waals surface area contributed by atoms with E-state index >= 15 is 0 Å². The van der Waals surface area contributed by atoms with Crippen LogP contribution in [-0.2, 0) is 4.79 Å². The first-order chi connectivity index (χ1) is 17.6. The van der Waals surface area contributed by atoms with Gasteiger partial charge >= 0.3 is 0 Å². The number of hydrogen-bond donors (Lipinski definition) is 1. The minimum atomic E-state index is -0.577. The maximum absolute atomic E-state index is 13.5. The topological polar surface area (TPSA) is 52.7 Å². The molecule has 0 unspecified atom stereocenters. The molecule has 1 saturated heterocycles. The summed E-state index contributed by atoms with van der Waals surface area (Å²) in [6, 6.07) is 27.5. The van der Waals surface area contributed by atoms with Gasteiger partial charge in [-0.05, 0) is 41.7 Å². The smallest absolute Gasteiger partial charge is 0.253 e. The molecule has 36 heavy (non-hydrogen) atoms. The number of benzene rings is 3. The Balaban J connectivity index is 1.45. The molecule has 5 nitrogen and oxygen atoms in total. The second-order valence-corrected chi connectivity index (χ2v) is 10.3. The van der Waals surface area contributed by atoms with Crippen molar-refractivity contribution in [2.75, 3.05) is 38.2 Å². The largest absolute Gasteiger partial charge is 0.340 e. The van der Waals surface area contributed by atoms with Gasteiger partial charge in [0.15, 0.2) is 0 Å². The van der Waals surface area contributed by atoms with Crippen LogP contribution in [0.1, 0.15) is 33.9 Å². The van der Waals surface area contributed by atoms with Gasteiger partial charge in [-0.3, -0.25) is 14.5 Å². The quantitative estimate of drug-likeness (QED) is 0.424. The van der Waals surface area contributed by atoms with Crippen LogP contribution in [0.25, 0.3) is 0 Å². The Morgan fingerprint density at radius 1 is 0.861 bits per heavy atom. The Morgan fingerprint density at radius 3 is 1.97 bits per heavy atom. The monoisotopic (exact) mass is 521 g/mol. The van der Waals surface area contributed by atoms with Gasteiger partial charge < -0.3 is 10.2 Å². The van der Waals surface area contributed by atoms with E-state index in [1.54, 1.807) is 36.0 Å². The van der Waals surface area contributed by atoms with Gasteiger partial charge in [0.2, 0.25) is 5.91 Å². The number of nitrogens with zero attached hydrogens (tertiary/aromatic N) is 2. The van der Waals surface area contributed by atoms with E-state index in [1.807, 2.05) is 23.3 Å². The summed E-state index contributed by atoms with van der Waals surface area (Å²) < 4.78 is 0. The molecule has 2 amide bonds. The van der Waals surface area contributed by atoms with Gasteiger partial charge in [-0.15, -0.1) is 0 Å². The van der Waals surface area contributed by atoms with Gasteiger partial charge in [-0.25, -0.2) is 0 Å². The fourth-order valence-electron chi connectivity index (χ4n) is 4.68. The second-order valence-electron chi connectivity index (χ2n) is 8.87. The fourth-order valence-corrected chi connectivity index (χ4v) is 5.37. The molecule has 1 N–H and O–H groups in total. The van der Waals surface area contributed by atoms with Crippen molar-refractivity contribution in [3.63, 3.8) is 0 Å². The molecule has 1 atom stereocenters. The van der Waals surface area contributed by atoms with Gasteiger partial charge in [0.1, 0.15) is 6.04 Å². The zero-order chi connectivity index (χ0) is 25.3. The number of amides is 2. The summed E-state index contributed by atoms with van der Waals surface area (Å²) in [4.78, 5) is 30.8. The predicted molar refractivity (Wildman–Crippen MR) is 149 cm³/mol. The molecule has 7 heteroatoms. The van der Waals surface area contributed by atoms with Crippen molar-refractivity contribution in [3.8, 4) is 0 Å². The van der Waals surface area contributed by atoms with E-state index in [-0.39, 0.29) is 17.9 Å². The van der Waals surface area contributed by atoms with Crippen molar-refractivity contribution in [2.24, 2.45) is 0 Å². The van der Waals surface area contributed by atoms with Crippen LogP contribution in [0.15, 0.2) is 84.9 Å². The average Bonchev–Trinajstić information content (AvgIpc) is 2.92. The van der Waals surface area contributed by atoms with Crippen LogP contribution in [-0.4, -0.2) is 65.8 Å². The number of rotatable bonds is 9. The molecule has 1 aliphatic heterocycles. The Kier molecular flexibility index (Phi) is 9.45. The average molecular weight is 522 g/mol. The SMILES string of the molecule is CSCC[C@H](NC(=O)c1ccccc1Cl)C(=O)N1CCN(C(c2ccccc2)c2ccccc2)CC1. The first kappa shape index (κ1) is 26.3. The highest BCUT2D eigenvalue weighted by Crippen LogP contribution is 2.29. The number of halogens is 1. The third kappa shape index (κ3) is 6.49. The molecule has 0 aromatic heterocycles. The van der Waals surface area contributed by atoms with Crippen LogP contribution < -0.4 is 5.32 Å². The van der Waals surface area contributed by atoms with Crippen LogP contribution in [0.4, 0.5) is 0 Å².